The summed E-state index contributed by atoms with van der Waals surface area (Å²) in [4.78, 5) is 13.0. The van der Waals surface area contributed by atoms with Crippen molar-refractivity contribution in [2.45, 2.75) is 19.3 Å². The Morgan fingerprint density at radius 3 is 2.95 bits per heavy atom. The van der Waals surface area contributed by atoms with Crippen molar-refractivity contribution in [2.75, 3.05) is 13.3 Å². The molecule has 1 aromatic heterocycles. The van der Waals surface area contributed by atoms with Gasteiger partial charge in [0.15, 0.2) is 11.5 Å². The summed E-state index contributed by atoms with van der Waals surface area (Å²) < 4.78 is 10.6. The average molecular weight is 303 g/mol. The van der Waals surface area contributed by atoms with Crippen LogP contribution in [0, 0.1) is 0 Å². The summed E-state index contributed by atoms with van der Waals surface area (Å²) in [5, 5.41) is 4.99. The van der Waals surface area contributed by atoms with Gasteiger partial charge in [-0.2, -0.15) is 0 Å². The first-order valence-corrected chi connectivity index (χ1v) is 7.87. The van der Waals surface area contributed by atoms with Crippen LogP contribution in [0.15, 0.2) is 35.7 Å². The Hall–Kier alpha value is -2.01. The summed E-state index contributed by atoms with van der Waals surface area (Å²) >= 11 is 1.69. The minimum absolute atomic E-state index is 0.101. The summed E-state index contributed by atoms with van der Waals surface area (Å²) in [5.41, 5.74) is 1.14. The van der Waals surface area contributed by atoms with Crippen LogP contribution < -0.4 is 14.8 Å². The second-order valence-corrected chi connectivity index (χ2v) is 5.90. The zero-order valence-corrected chi connectivity index (χ0v) is 12.4. The van der Waals surface area contributed by atoms with Crippen molar-refractivity contribution in [3.05, 3.63) is 46.2 Å². The fourth-order valence-electron chi connectivity index (χ4n) is 2.22. The van der Waals surface area contributed by atoms with Crippen molar-refractivity contribution in [3.63, 3.8) is 0 Å². The van der Waals surface area contributed by atoms with E-state index < -0.39 is 0 Å². The molecule has 2 heterocycles. The quantitative estimate of drug-likeness (QED) is 0.892. The highest BCUT2D eigenvalue weighted by Crippen LogP contribution is 2.32. The van der Waals surface area contributed by atoms with E-state index in [4.69, 9.17) is 9.47 Å². The molecule has 3 rings (SSSR count). The largest absolute Gasteiger partial charge is 0.454 e. The normalized spacial score (nSPS) is 12.4. The smallest absolute Gasteiger partial charge is 0.231 e. The Kier molecular flexibility index (Phi) is 4.40. The van der Waals surface area contributed by atoms with Gasteiger partial charge in [-0.05, 0) is 42.0 Å². The first-order valence-electron chi connectivity index (χ1n) is 6.99. The van der Waals surface area contributed by atoms with Crippen molar-refractivity contribution in [3.8, 4) is 11.5 Å². The minimum atomic E-state index is 0.101. The van der Waals surface area contributed by atoms with E-state index in [1.807, 2.05) is 29.6 Å². The number of thiophene rings is 1. The SMILES string of the molecule is O=C(CCc1cccs1)NCCc1ccc2c(c1)OCO2. The van der Waals surface area contributed by atoms with Crippen LogP contribution in [0.5, 0.6) is 11.5 Å². The van der Waals surface area contributed by atoms with Gasteiger partial charge in [0, 0.05) is 17.8 Å². The monoisotopic (exact) mass is 303 g/mol. The summed E-state index contributed by atoms with van der Waals surface area (Å²) in [6.07, 6.45) is 2.15. The molecule has 1 aliphatic rings. The van der Waals surface area contributed by atoms with Gasteiger partial charge in [-0.25, -0.2) is 0 Å². The minimum Gasteiger partial charge on any atom is -0.454 e. The Labute approximate surface area is 127 Å². The maximum absolute atomic E-state index is 11.8. The van der Waals surface area contributed by atoms with Crippen molar-refractivity contribution in [1.82, 2.24) is 5.32 Å². The predicted molar refractivity (Wildman–Crippen MR) is 81.9 cm³/mol. The van der Waals surface area contributed by atoms with Crippen LogP contribution >= 0.6 is 11.3 Å². The van der Waals surface area contributed by atoms with Gasteiger partial charge in [-0.1, -0.05) is 12.1 Å². The number of aryl methyl sites for hydroxylation is 1. The Bertz CT molecular complexity index is 610. The fourth-order valence-corrected chi connectivity index (χ4v) is 2.93. The molecular weight excluding hydrogens is 286 g/mol. The van der Waals surface area contributed by atoms with Gasteiger partial charge in [0.05, 0.1) is 0 Å². The molecule has 110 valence electrons. The van der Waals surface area contributed by atoms with Gasteiger partial charge < -0.3 is 14.8 Å². The third-order valence-corrected chi connectivity index (χ3v) is 4.29. The zero-order valence-electron chi connectivity index (χ0n) is 11.6. The molecule has 5 heteroatoms. The number of hydrogen-bond donors (Lipinski definition) is 1. The van der Waals surface area contributed by atoms with Crippen molar-refractivity contribution in [1.29, 1.82) is 0 Å². The van der Waals surface area contributed by atoms with Gasteiger partial charge in [0.1, 0.15) is 0 Å². The lowest BCUT2D eigenvalue weighted by Crippen LogP contribution is -2.25. The standard InChI is InChI=1S/C16H17NO3S/c18-16(6-4-13-2-1-9-21-13)17-8-7-12-3-5-14-15(10-12)20-11-19-14/h1-3,5,9-10H,4,6-8,11H2,(H,17,18). The molecule has 0 saturated carbocycles. The molecule has 21 heavy (non-hydrogen) atoms. The molecule has 0 spiro atoms. The molecule has 2 aromatic rings. The van der Waals surface area contributed by atoms with Crippen LogP contribution in [0.25, 0.3) is 0 Å². The van der Waals surface area contributed by atoms with E-state index >= 15 is 0 Å². The molecule has 0 fully saturated rings. The highest BCUT2D eigenvalue weighted by Gasteiger charge is 2.13. The number of carbonyl (C=O) groups is 1. The molecule has 0 radical (unpaired) electrons. The molecule has 1 amide bonds. The van der Waals surface area contributed by atoms with E-state index in [9.17, 15) is 4.79 Å². The van der Waals surface area contributed by atoms with Crippen molar-refractivity contribution < 1.29 is 14.3 Å². The van der Waals surface area contributed by atoms with Gasteiger partial charge in [0.2, 0.25) is 12.7 Å². The summed E-state index contributed by atoms with van der Waals surface area (Å²) in [7, 11) is 0. The fraction of sp³-hybridized carbons (Fsp3) is 0.312. The number of rotatable bonds is 6. The number of benzene rings is 1. The van der Waals surface area contributed by atoms with E-state index in [-0.39, 0.29) is 12.7 Å². The van der Waals surface area contributed by atoms with E-state index in [0.717, 1.165) is 29.9 Å². The van der Waals surface area contributed by atoms with Crippen LogP contribution in [-0.4, -0.2) is 19.2 Å². The van der Waals surface area contributed by atoms with Gasteiger partial charge in [0.25, 0.3) is 0 Å². The van der Waals surface area contributed by atoms with E-state index in [0.29, 0.717) is 13.0 Å². The Morgan fingerprint density at radius 1 is 1.19 bits per heavy atom. The highest BCUT2D eigenvalue weighted by molar-refractivity contribution is 7.09. The molecular formula is C16H17NO3S. The lowest BCUT2D eigenvalue weighted by Gasteiger charge is -2.06. The topological polar surface area (TPSA) is 47.6 Å². The summed E-state index contributed by atoms with van der Waals surface area (Å²) in [6.45, 7) is 0.932. The predicted octanol–water partition coefficient (Wildman–Crippen LogP) is 2.77. The number of amides is 1. The summed E-state index contributed by atoms with van der Waals surface area (Å²) in [5.74, 6) is 1.68. The van der Waals surface area contributed by atoms with Crippen LogP contribution in [0.2, 0.25) is 0 Å². The molecule has 1 aromatic carbocycles. The maximum Gasteiger partial charge on any atom is 0.231 e. The number of hydrogen-bond acceptors (Lipinski definition) is 4. The molecule has 0 aliphatic carbocycles. The maximum atomic E-state index is 11.8. The van der Waals surface area contributed by atoms with E-state index in [1.165, 1.54) is 4.88 Å². The number of fused-ring (bicyclic) bond motifs is 1. The van der Waals surface area contributed by atoms with Crippen molar-refractivity contribution >= 4 is 17.2 Å². The highest BCUT2D eigenvalue weighted by atomic mass is 32.1. The molecule has 0 bridgehead atoms. The number of ether oxygens (including phenoxy) is 2. The van der Waals surface area contributed by atoms with Crippen LogP contribution in [-0.2, 0) is 17.6 Å². The molecule has 0 atom stereocenters. The Balaban J connectivity index is 1.40. The number of carbonyl (C=O) groups excluding carboxylic acids is 1. The Morgan fingerprint density at radius 2 is 2.10 bits per heavy atom. The van der Waals surface area contributed by atoms with Gasteiger partial charge in [-0.3, -0.25) is 4.79 Å². The lowest BCUT2D eigenvalue weighted by atomic mass is 10.1. The zero-order chi connectivity index (χ0) is 14.5. The third kappa shape index (κ3) is 3.76. The molecule has 4 nitrogen and oxygen atoms in total. The molecule has 1 aliphatic heterocycles. The van der Waals surface area contributed by atoms with Crippen LogP contribution in [0.4, 0.5) is 0 Å². The van der Waals surface area contributed by atoms with Crippen LogP contribution in [0.1, 0.15) is 16.9 Å². The first kappa shape index (κ1) is 13.9. The molecule has 0 unspecified atom stereocenters. The third-order valence-electron chi connectivity index (χ3n) is 3.35. The van der Waals surface area contributed by atoms with Crippen LogP contribution in [0.3, 0.4) is 0 Å². The van der Waals surface area contributed by atoms with E-state index in [1.54, 1.807) is 11.3 Å². The lowest BCUT2D eigenvalue weighted by molar-refractivity contribution is -0.121. The van der Waals surface area contributed by atoms with Gasteiger partial charge >= 0.3 is 0 Å². The van der Waals surface area contributed by atoms with Gasteiger partial charge in [-0.15, -0.1) is 11.3 Å². The second-order valence-electron chi connectivity index (χ2n) is 4.87. The second kappa shape index (κ2) is 6.63. The summed E-state index contributed by atoms with van der Waals surface area (Å²) in [6, 6.07) is 9.96. The first-order chi connectivity index (χ1) is 10.3. The number of nitrogens with one attached hydrogen (secondary N) is 1. The molecule has 0 saturated heterocycles. The average Bonchev–Trinajstić information content (AvgIpc) is 3.16. The van der Waals surface area contributed by atoms with Crippen molar-refractivity contribution in [2.24, 2.45) is 0 Å². The molecule has 1 N–H and O–H groups in total. The van der Waals surface area contributed by atoms with E-state index in [2.05, 4.69) is 11.4 Å².